The Kier molecular flexibility index (Phi) is 4.37. The van der Waals surface area contributed by atoms with Gasteiger partial charge in [0.15, 0.2) is 0 Å². The first-order valence-electron chi connectivity index (χ1n) is 6.74. The molecule has 1 N–H and O–H groups in total. The molecule has 1 aliphatic rings. The van der Waals surface area contributed by atoms with Crippen molar-refractivity contribution in [2.24, 2.45) is 0 Å². The zero-order valence-electron chi connectivity index (χ0n) is 10.6. The van der Waals surface area contributed by atoms with Gasteiger partial charge in [0.2, 0.25) is 5.56 Å². The van der Waals surface area contributed by atoms with E-state index in [0.29, 0.717) is 6.04 Å². The quantitative estimate of drug-likeness (QED) is 0.869. The Morgan fingerprint density at radius 2 is 2.29 bits per heavy atom. The highest BCUT2D eigenvalue weighted by Gasteiger charge is 2.23. The zero-order chi connectivity index (χ0) is 12.1. The number of aromatic amines is 1. The fraction of sp³-hybridized carbons (Fsp3) is 0.643. The third-order valence-corrected chi connectivity index (χ3v) is 3.61. The predicted octanol–water partition coefficient (Wildman–Crippen LogP) is 2.70. The lowest BCUT2D eigenvalue weighted by Gasteiger charge is -2.35. The molecular formula is C14H22N2O. The number of H-pyrrole nitrogens is 1. The van der Waals surface area contributed by atoms with Crippen molar-refractivity contribution >= 4 is 0 Å². The molecule has 1 aromatic heterocycles. The van der Waals surface area contributed by atoms with Crippen LogP contribution in [0.2, 0.25) is 0 Å². The number of nitrogens with one attached hydrogen (secondary N) is 1. The molecule has 3 heteroatoms. The number of hydrogen-bond acceptors (Lipinski definition) is 2. The fourth-order valence-corrected chi connectivity index (χ4v) is 2.63. The second-order valence-electron chi connectivity index (χ2n) is 4.89. The molecule has 0 aliphatic carbocycles. The molecule has 0 aromatic carbocycles. The highest BCUT2D eigenvalue weighted by atomic mass is 16.1. The van der Waals surface area contributed by atoms with Crippen molar-refractivity contribution in [2.45, 2.75) is 45.1 Å². The van der Waals surface area contributed by atoms with Crippen LogP contribution in [0.3, 0.4) is 0 Å². The summed E-state index contributed by atoms with van der Waals surface area (Å²) in [5, 5.41) is 0. The second-order valence-corrected chi connectivity index (χ2v) is 4.89. The van der Waals surface area contributed by atoms with E-state index in [-0.39, 0.29) is 5.56 Å². The molecule has 2 rings (SSSR count). The van der Waals surface area contributed by atoms with Gasteiger partial charge in [-0.25, -0.2) is 0 Å². The zero-order valence-corrected chi connectivity index (χ0v) is 10.6. The first-order chi connectivity index (χ1) is 8.31. The summed E-state index contributed by atoms with van der Waals surface area (Å²) in [5.74, 6) is 0. The molecule has 17 heavy (non-hydrogen) atoms. The van der Waals surface area contributed by atoms with E-state index in [0.717, 1.165) is 0 Å². The lowest BCUT2D eigenvalue weighted by atomic mass is 9.96. The molecule has 0 saturated carbocycles. The number of unbranched alkanes of at least 4 members (excludes halogenated alkanes) is 1. The molecule has 1 saturated heterocycles. The maximum absolute atomic E-state index is 11.1. The molecule has 1 atom stereocenters. The maximum Gasteiger partial charge on any atom is 0.247 e. The molecular weight excluding hydrogens is 212 g/mol. The highest BCUT2D eigenvalue weighted by molar-refractivity contribution is 5.14. The lowest BCUT2D eigenvalue weighted by Crippen LogP contribution is -2.34. The normalized spacial score (nSPS) is 21.6. The van der Waals surface area contributed by atoms with Crippen LogP contribution in [0.1, 0.15) is 50.6 Å². The van der Waals surface area contributed by atoms with E-state index in [4.69, 9.17) is 0 Å². The van der Waals surface area contributed by atoms with Crippen molar-refractivity contribution in [2.75, 3.05) is 13.1 Å². The standard InChI is InChI=1S/C14H22N2O/c1-2-3-9-16-10-5-4-6-13(16)12-7-8-14(17)15-11-12/h7-8,11,13H,2-6,9-10H2,1H3,(H,15,17)/t13-/m0/s1. The summed E-state index contributed by atoms with van der Waals surface area (Å²) in [6.07, 6.45) is 8.22. The van der Waals surface area contributed by atoms with Gasteiger partial charge in [-0.1, -0.05) is 25.8 Å². The van der Waals surface area contributed by atoms with E-state index < -0.39 is 0 Å². The van der Waals surface area contributed by atoms with Gasteiger partial charge in [0, 0.05) is 18.3 Å². The first-order valence-corrected chi connectivity index (χ1v) is 6.74. The van der Waals surface area contributed by atoms with Crippen LogP contribution in [0.15, 0.2) is 23.1 Å². The van der Waals surface area contributed by atoms with Crippen molar-refractivity contribution in [1.29, 1.82) is 0 Å². The van der Waals surface area contributed by atoms with Crippen molar-refractivity contribution in [3.05, 3.63) is 34.2 Å². The molecule has 3 nitrogen and oxygen atoms in total. The summed E-state index contributed by atoms with van der Waals surface area (Å²) < 4.78 is 0. The number of piperidine rings is 1. The molecule has 94 valence electrons. The highest BCUT2D eigenvalue weighted by Crippen LogP contribution is 2.30. The minimum Gasteiger partial charge on any atom is -0.329 e. The van der Waals surface area contributed by atoms with Crippen molar-refractivity contribution < 1.29 is 0 Å². The third kappa shape index (κ3) is 3.19. The van der Waals surface area contributed by atoms with E-state index in [1.54, 1.807) is 6.07 Å². The number of hydrogen-bond donors (Lipinski definition) is 1. The van der Waals surface area contributed by atoms with Crippen molar-refractivity contribution in [3.8, 4) is 0 Å². The Labute approximate surface area is 103 Å². The molecule has 0 amide bonds. The van der Waals surface area contributed by atoms with Gasteiger partial charge in [-0.3, -0.25) is 9.69 Å². The van der Waals surface area contributed by atoms with Gasteiger partial charge in [-0.2, -0.15) is 0 Å². The Hall–Kier alpha value is -1.09. The summed E-state index contributed by atoms with van der Waals surface area (Å²) in [7, 11) is 0. The Morgan fingerprint density at radius 1 is 1.41 bits per heavy atom. The molecule has 0 radical (unpaired) electrons. The Balaban J connectivity index is 2.09. The van der Waals surface area contributed by atoms with Crippen molar-refractivity contribution in [3.63, 3.8) is 0 Å². The summed E-state index contributed by atoms with van der Waals surface area (Å²) >= 11 is 0. The van der Waals surface area contributed by atoms with Crippen LogP contribution >= 0.6 is 0 Å². The van der Waals surface area contributed by atoms with E-state index >= 15 is 0 Å². The SMILES string of the molecule is CCCCN1CCCC[C@H]1c1ccc(=O)[nH]c1. The van der Waals surface area contributed by atoms with E-state index in [1.165, 1.54) is 50.8 Å². The van der Waals surface area contributed by atoms with Crippen LogP contribution in [0.5, 0.6) is 0 Å². The Morgan fingerprint density at radius 3 is 3.00 bits per heavy atom. The van der Waals surface area contributed by atoms with Crippen LogP contribution < -0.4 is 5.56 Å². The summed E-state index contributed by atoms with van der Waals surface area (Å²) in [6.45, 7) is 4.61. The maximum atomic E-state index is 11.1. The van der Waals surface area contributed by atoms with Crippen LogP contribution in [0.25, 0.3) is 0 Å². The lowest BCUT2D eigenvalue weighted by molar-refractivity contribution is 0.146. The van der Waals surface area contributed by atoms with Crippen LogP contribution in [0.4, 0.5) is 0 Å². The number of nitrogens with zero attached hydrogens (tertiary/aromatic N) is 1. The number of likely N-dealkylation sites (tertiary alicyclic amines) is 1. The van der Waals surface area contributed by atoms with Gasteiger partial charge in [-0.05, 0) is 37.9 Å². The monoisotopic (exact) mass is 234 g/mol. The minimum absolute atomic E-state index is 0.00957. The summed E-state index contributed by atoms with van der Waals surface area (Å²) in [4.78, 5) is 16.5. The smallest absolute Gasteiger partial charge is 0.247 e. The third-order valence-electron chi connectivity index (χ3n) is 3.61. The molecule has 1 aliphatic heterocycles. The van der Waals surface area contributed by atoms with Gasteiger partial charge in [0.25, 0.3) is 0 Å². The number of aromatic nitrogens is 1. The van der Waals surface area contributed by atoms with Gasteiger partial charge < -0.3 is 4.98 Å². The number of pyridine rings is 1. The second kappa shape index (κ2) is 6.01. The van der Waals surface area contributed by atoms with Crippen LogP contribution in [0, 0.1) is 0 Å². The summed E-state index contributed by atoms with van der Waals surface area (Å²) in [6, 6.07) is 4.13. The fourth-order valence-electron chi connectivity index (χ4n) is 2.63. The molecule has 2 heterocycles. The predicted molar refractivity (Wildman–Crippen MR) is 70.1 cm³/mol. The van der Waals surface area contributed by atoms with E-state index in [9.17, 15) is 4.79 Å². The van der Waals surface area contributed by atoms with Crippen LogP contribution in [-0.2, 0) is 0 Å². The van der Waals surface area contributed by atoms with Crippen LogP contribution in [-0.4, -0.2) is 23.0 Å². The molecule has 0 bridgehead atoms. The molecule has 0 unspecified atom stereocenters. The molecule has 1 fully saturated rings. The van der Waals surface area contributed by atoms with Gasteiger partial charge in [0.1, 0.15) is 0 Å². The van der Waals surface area contributed by atoms with Gasteiger partial charge in [0.05, 0.1) is 0 Å². The van der Waals surface area contributed by atoms with Gasteiger partial charge >= 0.3 is 0 Å². The average molecular weight is 234 g/mol. The Bertz CT molecular complexity index is 379. The summed E-state index contributed by atoms with van der Waals surface area (Å²) in [5.41, 5.74) is 1.25. The minimum atomic E-state index is -0.00957. The largest absolute Gasteiger partial charge is 0.329 e. The van der Waals surface area contributed by atoms with Gasteiger partial charge in [-0.15, -0.1) is 0 Å². The first kappa shape index (κ1) is 12.4. The number of rotatable bonds is 4. The topological polar surface area (TPSA) is 36.1 Å². The molecule has 1 aromatic rings. The van der Waals surface area contributed by atoms with Crippen molar-refractivity contribution in [1.82, 2.24) is 9.88 Å². The molecule has 0 spiro atoms. The average Bonchev–Trinajstić information content (AvgIpc) is 2.38. The van der Waals surface area contributed by atoms with E-state index in [1.807, 2.05) is 12.3 Å². The van der Waals surface area contributed by atoms with E-state index in [2.05, 4.69) is 16.8 Å².